The second-order valence-electron chi connectivity index (χ2n) is 4.23. The van der Waals surface area contributed by atoms with Crippen molar-refractivity contribution in [2.45, 2.75) is 6.42 Å². The number of aliphatic carboxylic acids is 1. The highest BCUT2D eigenvalue weighted by Crippen LogP contribution is 2.11. The number of pyridine rings is 1. The van der Waals surface area contributed by atoms with Gasteiger partial charge in [0.2, 0.25) is 5.76 Å². The van der Waals surface area contributed by atoms with Crippen LogP contribution in [0.15, 0.2) is 48.4 Å². The van der Waals surface area contributed by atoms with Crippen molar-refractivity contribution < 1.29 is 19.4 Å². The Morgan fingerprint density at radius 1 is 1.10 bits per heavy atom. The lowest BCUT2D eigenvalue weighted by Crippen LogP contribution is -1.99. The number of aliphatic hydroxyl groups is 1. The number of carboxylic acids is 1. The van der Waals surface area contributed by atoms with E-state index < -0.39 is 11.7 Å². The maximum absolute atomic E-state index is 12.8. The van der Waals surface area contributed by atoms with E-state index >= 15 is 0 Å². The maximum atomic E-state index is 12.8. The molecule has 0 radical (unpaired) electrons. The van der Waals surface area contributed by atoms with E-state index in [1.165, 1.54) is 12.1 Å². The van der Waals surface area contributed by atoms with Crippen LogP contribution in [0.1, 0.15) is 16.8 Å². The minimum atomic E-state index is -1.40. The van der Waals surface area contributed by atoms with Crippen molar-refractivity contribution in [3.63, 3.8) is 0 Å². The predicted octanol–water partition coefficient (Wildman–Crippen LogP) is 2.80. The van der Waals surface area contributed by atoms with Gasteiger partial charge in [0.1, 0.15) is 5.82 Å². The standard InChI is InChI=1S/C15H12FNO3/c16-12-4-1-10(2-5-12)7-11-3-6-13(17-9-11)8-14(18)15(19)20/h1-6,8-9,18H,7H2,(H,19,20)/b14-8-. The highest BCUT2D eigenvalue weighted by molar-refractivity contribution is 5.88. The molecule has 1 aromatic carbocycles. The molecule has 2 rings (SSSR count). The number of hydrogen-bond donors (Lipinski definition) is 2. The van der Waals surface area contributed by atoms with Gasteiger partial charge >= 0.3 is 5.97 Å². The third kappa shape index (κ3) is 3.65. The molecule has 5 heteroatoms. The van der Waals surface area contributed by atoms with Crippen molar-refractivity contribution in [2.24, 2.45) is 0 Å². The number of carboxylic acid groups (broad SMARTS) is 1. The van der Waals surface area contributed by atoms with Gasteiger partial charge in [-0.3, -0.25) is 4.98 Å². The first-order valence-electron chi connectivity index (χ1n) is 5.88. The van der Waals surface area contributed by atoms with E-state index in [1.54, 1.807) is 30.5 Å². The number of aliphatic hydroxyl groups excluding tert-OH is 1. The van der Waals surface area contributed by atoms with E-state index in [0.717, 1.165) is 17.2 Å². The van der Waals surface area contributed by atoms with Gasteiger partial charge in [-0.1, -0.05) is 18.2 Å². The molecule has 0 unspecified atom stereocenters. The van der Waals surface area contributed by atoms with Gasteiger partial charge in [-0.25, -0.2) is 9.18 Å². The Kier molecular flexibility index (Phi) is 4.10. The number of benzene rings is 1. The van der Waals surface area contributed by atoms with Crippen molar-refractivity contribution in [3.8, 4) is 0 Å². The van der Waals surface area contributed by atoms with Crippen LogP contribution in [0.3, 0.4) is 0 Å². The van der Waals surface area contributed by atoms with Crippen molar-refractivity contribution in [3.05, 3.63) is 71.0 Å². The first-order valence-corrected chi connectivity index (χ1v) is 5.88. The zero-order chi connectivity index (χ0) is 14.5. The largest absolute Gasteiger partial charge is 0.502 e. The van der Waals surface area contributed by atoms with E-state index in [1.807, 2.05) is 0 Å². The molecule has 0 atom stereocenters. The van der Waals surface area contributed by atoms with Crippen LogP contribution in [-0.2, 0) is 11.2 Å². The van der Waals surface area contributed by atoms with E-state index in [4.69, 9.17) is 10.2 Å². The number of aromatic nitrogens is 1. The average Bonchev–Trinajstić information content (AvgIpc) is 2.43. The summed E-state index contributed by atoms with van der Waals surface area (Å²) in [5, 5.41) is 17.6. The summed E-state index contributed by atoms with van der Waals surface area (Å²) in [4.78, 5) is 14.5. The van der Waals surface area contributed by atoms with Gasteiger partial charge in [0.25, 0.3) is 0 Å². The number of nitrogens with zero attached hydrogens (tertiary/aromatic N) is 1. The number of halogens is 1. The zero-order valence-electron chi connectivity index (χ0n) is 10.5. The second-order valence-corrected chi connectivity index (χ2v) is 4.23. The Labute approximate surface area is 114 Å². The molecule has 0 aliphatic carbocycles. The smallest absolute Gasteiger partial charge is 0.371 e. The molecule has 2 aromatic rings. The van der Waals surface area contributed by atoms with E-state index in [-0.39, 0.29) is 5.82 Å². The molecular weight excluding hydrogens is 261 g/mol. The number of carbonyl (C=O) groups is 1. The van der Waals surface area contributed by atoms with Gasteiger partial charge in [-0.15, -0.1) is 0 Å². The van der Waals surface area contributed by atoms with Crippen LogP contribution in [-0.4, -0.2) is 21.2 Å². The maximum Gasteiger partial charge on any atom is 0.371 e. The van der Waals surface area contributed by atoms with Crippen LogP contribution >= 0.6 is 0 Å². The quantitative estimate of drug-likeness (QED) is 0.663. The summed E-state index contributed by atoms with van der Waals surface area (Å²) in [7, 11) is 0. The lowest BCUT2D eigenvalue weighted by molar-refractivity contribution is -0.135. The molecule has 2 N–H and O–H groups in total. The first kappa shape index (κ1) is 13.7. The normalized spacial score (nSPS) is 11.3. The lowest BCUT2D eigenvalue weighted by Gasteiger charge is -2.02. The minimum absolute atomic E-state index is 0.281. The molecule has 4 nitrogen and oxygen atoms in total. The molecular formula is C15H12FNO3. The van der Waals surface area contributed by atoms with Crippen LogP contribution in [0, 0.1) is 5.82 Å². The Bertz CT molecular complexity index is 633. The van der Waals surface area contributed by atoms with E-state index in [2.05, 4.69) is 4.98 Å². The molecule has 102 valence electrons. The number of rotatable bonds is 4. The molecule has 0 saturated heterocycles. The fraction of sp³-hybridized carbons (Fsp3) is 0.0667. The van der Waals surface area contributed by atoms with Gasteiger partial charge in [-0.05, 0) is 35.7 Å². The fourth-order valence-electron chi connectivity index (χ4n) is 1.67. The second kappa shape index (κ2) is 5.97. The summed E-state index contributed by atoms with van der Waals surface area (Å²) in [5.41, 5.74) is 2.21. The van der Waals surface area contributed by atoms with Crippen molar-refractivity contribution >= 4 is 12.0 Å². The molecule has 1 aromatic heterocycles. The Morgan fingerprint density at radius 2 is 1.75 bits per heavy atom. The Balaban J connectivity index is 2.10. The molecule has 0 aliphatic rings. The van der Waals surface area contributed by atoms with Gasteiger partial charge in [0.15, 0.2) is 0 Å². The predicted molar refractivity (Wildman–Crippen MR) is 71.7 cm³/mol. The average molecular weight is 273 g/mol. The highest BCUT2D eigenvalue weighted by atomic mass is 19.1. The van der Waals surface area contributed by atoms with E-state index in [0.29, 0.717) is 12.1 Å². The van der Waals surface area contributed by atoms with E-state index in [9.17, 15) is 9.18 Å². The highest BCUT2D eigenvalue weighted by Gasteiger charge is 2.04. The third-order valence-corrected chi connectivity index (χ3v) is 2.67. The summed E-state index contributed by atoms with van der Waals surface area (Å²) in [5.74, 6) is -2.44. The molecule has 0 fully saturated rings. The summed E-state index contributed by atoms with van der Waals surface area (Å²) in [6, 6.07) is 9.56. The first-order chi connectivity index (χ1) is 9.54. The van der Waals surface area contributed by atoms with Gasteiger partial charge < -0.3 is 10.2 Å². The lowest BCUT2D eigenvalue weighted by atomic mass is 10.1. The summed E-state index contributed by atoms with van der Waals surface area (Å²) in [6.07, 6.45) is 3.26. The van der Waals surface area contributed by atoms with Crippen molar-refractivity contribution in [1.82, 2.24) is 4.98 Å². The summed E-state index contributed by atoms with van der Waals surface area (Å²) in [6.45, 7) is 0. The van der Waals surface area contributed by atoms with Gasteiger partial charge in [0, 0.05) is 12.3 Å². The minimum Gasteiger partial charge on any atom is -0.502 e. The van der Waals surface area contributed by atoms with Gasteiger partial charge in [-0.2, -0.15) is 0 Å². The molecule has 0 saturated carbocycles. The molecule has 20 heavy (non-hydrogen) atoms. The summed E-state index contributed by atoms with van der Waals surface area (Å²) >= 11 is 0. The Morgan fingerprint density at radius 3 is 2.30 bits per heavy atom. The third-order valence-electron chi connectivity index (χ3n) is 2.67. The number of hydrogen-bond acceptors (Lipinski definition) is 3. The van der Waals surface area contributed by atoms with Crippen LogP contribution in [0.2, 0.25) is 0 Å². The topological polar surface area (TPSA) is 70.4 Å². The molecule has 0 bridgehead atoms. The molecule has 1 heterocycles. The SMILES string of the molecule is O=C(O)/C(O)=C/c1ccc(Cc2ccc(F)cc2)cn1. The molecule has 0 aliphatic heterocycles. The van der Waals surface area contributed by atoms with Crippen LogP contribution in [0.4, 0.5) is 4.39 Å². The fourth-order valence-corrected chi connectivity index (χ4v) is 1.67. The summed E-state index contributed by atoms with van der Waals surface area (Å²) < 4.78 is 12.8. The molecule has 0 spiro atoms. The zero-order valence-corrected chi connectivity index (χ0v) is 10.5. The molecule has 0 amide bonds. The van der Waals surface area contributed by atoms with Gasteiger partial charge in [0.05, 0.1) is 5.69 Å². The Hall–Kier alpha value is -2.69. The van der Waals surface area contributed by atoms with Crippen molar-refractivity contribution in [1.29, 1.82) is 0 Å². The monoisotopic (exact) mass is 273 g/mol. The van der Waals surface area contributed by atoms with Crippen LogP contribution in [0.25, 0.3) is 6.08 Å². The van der Waals surface area contributed by atoms with Crippen LogP contribution < -0.4 is 0 Å². The van der Waals surface area contributed by atoms with Crippen molar-refractivity contribution in [2.75, 3.05) is 0 Å². The van der Waals surface area contributed by atoms with Crippen LogP contribution in [0.5, 0.6) is 0 Å².